The molecule has 0 saturated carbocycles. The number of nitrogens with two attached hydrogens (primary N) is 1. The number of benzene rings is 2. The van der Waals surface area contributed by atoms with Gasteiger partial charge < -0.3 is 11.1 Å². The van der Waals surface area contributed by atoms with E-state index in [9.17, 15) is 4.79 Å². The molecule has 0 heterocycles. The maximum absolute atomic E-state index is 12.0. The van der Waals surface area contributed by atoms with Gasteiger partial charge in [0.25, 0.3) is 0 Å². The van der Waals surface area contributed by atoms with Gasteiger partial charge in [-0.3, -0.25) is 4.79 Å². The lowest BCUT2D eigenvalue weighted by atomic mass is 10.1. The largest absolute Gasteiger partial charge is 0.324 e. The average Bonchev–Trinajstić information content (AvgIpc) is 2.48. The Morgan fingerprint density at radius 1 is 1.11 bits per heavy atom. The molecule has 1 atom stereocenters. The summed E-state index contributed by atoms with van der Waals surface area (Å²) in [6, 6.07) is 16.5. The van der Waals surface area contributed by atoms with Crippen LogP contribution in [-0.2, 0) is 11.2 Å². The van der Waals surface area contributed by atoms with Crippen LogP contribution in [0.4, 0.5) is 5.69 Å². The van der Waals surface area contributed by atoms with Crippen LogP contribution in [0.3, 0.4) is 0 Å². The SMILES string of the molecule is CCc1ccc(NC(=O)C(N)c2ccccc2)cc1. The van der Waals surface area contributed by atoms with Crippen LogP contribution in [0, 0.1) is 0 Å². The molecule has 0 spiro atoms. The zero-order valence-corrected chi connectivity index (χ0v) is 11.0. The van der Waals surface area contributed by atoms with Gasteiger partial charge in [0.05, 0.1) is 0 Å². The van der Waals surface area contributed by atoms with E-state index in [1.165, 1.54) is 5.56 Å². The summed E-state index contributed by atoms with van der Waals surface area (Å²) < 4.78 is 0. The van der Waals surface area contributed by atoms with Crippen molar-refractivity contribution in [1.82, 2.24) is 0 Å². The van der Waals surface area contributed by atoms with Crippen molar-refractivity contribution < 1.29 is 4.79 Å². The number of carbonyl (C=O) groups excluding carboxylic acids is 1. The molecule has 19 heavy (non-hydrogen) atoms. The minimum Gasteiger partial charge on any atom is -0.324 e. The van der Waals surface area contributed by atoms with Gasteiger partial charge in [-0.1, -0.05) is 49.4 Å². The second-order valence-electron chi connectivity index (χ2n) is 4.43. The standard InChI is InChI=1S/C16H18N2O/c1-2-12-8-10-14(11-9-12)18-16(19)15(17)13-6-4-3-5-7-13/h3-11,15H,2,17H2,1H3,(H,18,19). The van der Waals surface area contributed by atoms with E-state index in [4.69, 9.17) is 5.73 Å². The molecular weight excluding hydrogens is 236 g/mol. The highest BCUT2D eigenvalue weighted by Crippen LogP contribution is 2.14. The van der Waals surface area contributed by atoms with Crippen LogP contribution in [-0.4, -0.2) is 5.91 Å². The van der Waals surface area contributed by atoms with Crippen molar-refractivity contribution in [2.45, 2.75) is 19.4 Å². The Morgan fingerprint density at radius 2 is 1.74 bits per heavy atom. The van der Waals surface area contributed by atoms with Crippen LogP contribution in [0.25, 0.3) is 0 Å². The fourth-order valence-corrected chi connectivity index (χ4v) is 1.86. The van der Waals surface area contributed by atoms with Crippen LogP contribution in [0.5, 0.6) is 0 Å². The summed E-state index contributed by atoms with van der Waals surface area (Å²) in [5.74, 6) is -0.199. The smallest absolute Gasteiger partial charge is 0.245 e. The minimum absolute atomic E-state index is 0.199. The zero-order valence-electron chi connectivity index (χ0n) is 11.0. The van der Waals surface area contributed by atoms with E-state index >= 15 is 0 Å². The highest BCUT2D eigenvalue weighted by molar-refractivity contribution is 5.95. The number of amides is 1. The number of hydrogen-bond acceptors (Lipinski definition) is 2. The molecule has 0 fully saturated rings. The van der Waals surface area contributed by atoms with Gasteiger partial charge in [-0.05, 0) is 29.7 Å². The van der Waals surface area contributed by atoms with Crippen molar-refractivity contribution in [3.8, 4) is 0 Å². The maximum Gasteiger partial charge on any atom is 0.245 e. The number of rotatable bonds is 4. The van der Waals surface area contributed by atoms with Crippen LogP contribution in [0.15, 0.2) is 54.6 Å². The molecule has 2 aromatic rings. The first kappa shape index (κ1) is 13.3. The van der Waals surface area contributed by atoms with Gasteiger partial charge in [0.1, 0.15) is 6.04 Å². The number of aryl methyl sites for hydroxylation is 1. The average molecular weight is 254 g/mol. The Morgan fingerprint density at radius 3 is 2.32 bits per heavy atom. The Bertz CT molecular complexity index is 534. The first-order chi connectivity index (χ1) is 9.20. The van der Waals surface area contributed by atoms with Crippen LogP contribution < -0.4 is 11.1 Å². The molecular formula is C16H18N2O. The highest BCUT2D eigenvalue weighted by Gasteiger charge is 2.15. The Kier molecular flexibility index (Phi) is 4.31. The van der Waals surface area contributed by atoms with Gasteiger partial charge in [-0.25, -0.2) is 0 Å². The van der Waals surface area contributed by atoms with E-state index in [0.29, 0.717) is 0 Å². The van der Waals surface area contributed by atoms with E-state index in [-0.39, 0.29) is 5.91 Å². The molecule has 0 radical (unpaired) electrons. The molecule has 3 nitrogen and oxygen atoms in total. The third-order valence-corrected chi connectivity index (χ3v) is 3.07. The summed E-state index contributed by atoms with van der Waals surface area (Å²) >= 11 is 0. The molecule has 2 aromatic carbocycles. The van der Waals surface area contributed by atoms with Crippen molar-refractivity contribution in [2.75, 3.05) is 5.32 Å². The van der Waals surface area contributed by atoms with Gasteiger partial charge in [0, 0.05) is 5.69 Å². The number of anilines is 1. The van der Waals surface area contributed by atoms with Gasteiger partial charge in [0.15, 0.2) is 0 Å². The Hall–Kier alpha value is -2.13. The molecule has 0 aliphatic rings. The highest BCUT2D eigenvalue weighted by atomic mass is 16.2. The molecule has 1 unspecified atom stereocenters. The summed E-state index contributed by atoms with van der Waals surface area (Å²) in [7, 11) is 0. The molecule has 2 rings (SSSR count). The second-order valence-corrected chi connectivity index (χ2v) is 4.43. The molecule has 3 heteroatoms. The molecule has 0 aliphatic carbocycles. The molecule has 98 valence electrons. The lowest BCUT2D eigenvalue weighted by molar-refractivity contribution is -0.117. The van der Waals surface area contributed by atoms with E-state index in [1.54, 1.807) is 0 Å². The Labute approximate surface area is 113 Å². The summed E-state index contributed by atoms with van der Waals surface area (Å²) in [5.41, 5.74) is 8.75. The van der Waals surface area contributed by atoms with Crippen LogP contribution >= 0.6 is 0 Å². The zero-order chi connectivity index (χ0) is 13.7. The predicted octanol–water partition coefficient (Wildman–Crippen LogP) is 2.89. The fraction of sp³-hybridized carbons (Fsp3) is 0.188. The molecule has 0 saturated heterocycles. The van der Waals surface area contributed by atoms with Crippen LogP contribution in [0.2, 0.25) is 0 Å². The summed E-state index contributed by atoms with van der Waals surface area (Å²) in [6.07, 6.45) is 0.984. The molecule has 0 aromatic heterocycles. The molecule has 0 aliphatic heterocycles. The predicted molar refractivity (Wildman–Crippen MR) is 77.8 cm³/mol. The summed E-state index contributed by atoms with van der Waals surface area (Å²) in [5, 5.41) is 2.83. The van der Waals surface area contributed by atoms with Crippen molar-refractivity contribution in [3.63, 3.8) is 0 Å². The Balaban J connectivity index is 2.04. The van der Waals surface area contributed by atoms with E-state index < -0.39 is 6.04 Å². The van der Waals surface area contributed by atoms with E-state index in [2.05, 4.69) is 12.2 Å². The van der Waals surface area contributed by atoms with Crippen molar-refractivity contribution in [3.05, 3.63) is 65.7 Å². The van der Waals surface area contributed by atoms with E-state index in [1.807, 2.05) is 54.6 Å². The lowest BCUT2D eigenvalue weighted by Gasteiger charge is -2.12. The lowest BCUT2D eigenvalue weighted by Crippen LogP contribution is -2.27. The van der Waals surface area contributed by atoms with Gasteiger partial charge in [-0.15, -0.1) is 0 Å². The molecule has 0 bridgehead atoms. The minimum atomic E-state index is -0.646. The van der Waals surface area contributed by atoms with E-state index in [0.717, 1.165) is 17.7 Å². The first-order valence-electron chi connectivity index (χ1n) is 6.41. The number of nitrogens with one attached hydrogen (secondary N) is 1. The molecule has 1 amide bonds. The van der Waals surface area contributed by atoms with Gasteiger partial charge >= 0.3 is 0 Å². The fourth-order valence-electron chi connectivity index (χ4n) is 1.86. The maximum atomic E-state index is 12.0. The van der Waals surface area contributed by atoms with Gasteiger partial charge in [-0.2, -0.15) is 0 Å². The van der Waals surface area contributed by atoms with Gasteiger partial charge in [0.2, 0.25) is 5.91 Å². The third kappa shape index (κ3) is 3.42. The molecule has 3 N–H and O–H groups in total. The summed E-state index contributed by atoms with van der Waals surface area (Å²) in [6.45, 7) is 2.10. The normalized spacial score (nSPS) is 11.9. The monoisotopic (exact) mass is 254 g/mol. The first-order valence-corrected chi connectivity index (χ1v) is 6.41. The van der Waals surface area contributed by atoms with Crippen molar-refractivity contribution >= 4 is 11.6 Å². The number of hydrogen-bond donors (Lipinski definition) is 2. The van der Waals surface area contributed by atoms with Crippen molar-refractivity contribution in [1.29, 1.82) is 0 Å². The quantitative estimate of drug-likeness (QED) is 0.881. The third-order valence-electron chi connectivity index (χ3n) is 3.07. The topological polar surface area (TPSA) is 55.1 Å². The summed E-state index contributed by atoms with van der Waals surface area (Å²) in [4.78, 5) is 12.0. The van der Waals surface area contributed by atoms with Crippen LogP contribution in [0.1, 0.15) is 24.1 Å². The second kappa shape index (κ2) is 6.16. The number of carbonyl (C=O) groups is 1. The van der Waals surface area contributed by atoms with Crippen molar-refractivity contribution in [2.24, 2.45) is 5.73 Å².